The van der Waals surface area contributed by atoms with Gasteiger partial charge in [-0.1, -0.05) is 44.2 Å². The predicted molar refractivity (Wildman–Crippen MR) is 171 cm³/mol. The Labute approximate surface area is 269 Å². The maximum atomic E-state index is 14.1. The van der Waals surface area contributed by atoms with Crippen molar-refractivity contribution in [1.82, 2.24) is 31.0 Å². The fourth-order valence-corrected chi connectivity index (χ4v) is 6.28. The Morgan fingerprint density at radius 3 is 2.43 bits per heavy atom. The van der Waals surface area contributed by atoms with Crippen molar-refractivity contribution in [3.05, 3.63) is 47.7 Å². The van der Waals surface area contributed by atoms with Crippen LogP contribution in [0, 0.1) is 11.3 Å². The number of cyclic esters (lactones) is 1. The summed E-state index contributed by atoms with van der Waals surface area (Å²) in [7, 11) is 0. The third-order valence-electron chi connectivity index (χ3n) is 9.30. The summed E-state index contributed by atoms with van der Waals surface area (Å²) in [5, 5.41) is 8.02. The van der Waals surface area contributed by atoms with E-state index in [1.165, 1.54) is 11.9 Å². The van der Waals surface area contributed by atoms with E-state index in [1.54, 1.807) is 18.7 Å². The normalized spacial score (nSPS) is 26.2. The van der Waals surface area contributed by atoms with Gasteiger partial charge in [0.1, 0.15) is 24.2 Å². The molecule has 246 valence electrons. The molecule has 2 fully saturated rings. The van der Waals surface area contributed by atoms with Gasteiger partial charge in [-0.3, -0.25) is 29.0 Å². The summed E-state index contributed by atoms with van der Waals surface area (Å²) >= 11 is 0. The molecule has 1 aromatic heterocycles. The molecule has 4 heterocycles. The number of nitrogens with one attached hydrogen (secondary N) is 3. The lowest BCUT2D eigenvalue weighted by atomic mass is 9.76. The van der Waals surface area contributed by atoms with Gasteiger partial charge in [0.05, 0.1) is 16.6 Å². The Morgan fingerprint density at radius 1 is 1.02 bits per heavy atom. The molecule has 4 atom stereocenters. The first-order chi connectivity index (χ1) is 21.9. The minimum atomic E-state index is -0.973. The lowest BCUT2D eigenvalue weighted by molar-refractivity contribution is -0.157. The van der Waals surface area contributed by atoms with Crippen molar-refractivity contribution >= 4 is 46.6 Å². The fourth-order valence-electron chi connectivity index (χ4n) is 6.28. The molecule has 46 heavy (non-hydrogen) atoms. The van der Waals surface area contributed by atoms with Crippen molar-refractivity contribution in [3.63, 3.8) is 0 Å². The van der Waals surface area contributed by atoms with E-state index in [0.29, 0.717) is 56.5 Å². The van der Waals surface area contributed by atoms with Gasteiger partial charge in [0, 0.05) is 31.9 Å². The van der Waals surface area contributed by atoms with Crippen LogP contribution < -0.4 is 16.1 Å². The van der Waals surface area contributed by atoms with Gasteiger partial charge in [-0.2, -0.15) is 0 Å². The smallest absolute Gasteiger partial charge is 0.325 e. The maximum Gasteiger partial charge on any atom is 0.325 e. The number of hydrogen-bond donors (Lipinski definition) is 3. The van der Waals surface area contributed by atoms with Crippen molar-refractivity contribution in [2.24, 2.45) is 11.3 Å². The molecule has 5 bridgehead atoms. The molecule has 2 aromatic rings. The van der Waals surface area contributed by atoms with Gasteiger partial charge in [-0.25, -0.2) is 10.4 Å². The van der Waals surface area contributed by atoms with Crippen LogP contribution in [0.15, 0.2) is 36.4 Å². The van der Waals surface area contributed by atoms with Gasteiger partial charge in [0.25, 0.3) is 5.91 Å². The van der Waals surface area contributed by atoms with E-state index in [2.05, 4.69) is 16.1 Å². The molecular weight excluding hydrogens is 588 g/mol. The zero-order valence-corrected chi connectivity index (χ0v) is 27.2. The minimum absolute atomic E-state index is 0.0501. The number of pyridine rings is 1. The van der Waals surface area contributed by atoms with Gasteiger partial charge < -0.3 is 20.3 Å². The molecule has 0 saturated carbocycles. The summed E-state index contributed by atoms with van der Waals surface area (Å²) in [4.78, 5) is 72.8. The second-order valence-corrected chi connectivity index (χ2v) is 13.0. The molecule has 5 rings (SSSR count). The molecule has 3 N–H and O–H groups in total. The molecule has 0 aliphatic carbocycles. The van der Waals surface area contributed by atoms with Crippen LogP contribution in [0.3, 0.4) is 0 Å². The Morgan fingerprint density at radius 2 is 1.74 bits per heavy atom. The third kappa shape index (κ3) is 7.06. The highest BCUT2D eigenvalue weighted by molar-refractivity contribution is 5.94. The average Bonchev–Trinajstić information content (AvgIpc) is 3.04. The Kier molecular flexibility index (Phi) is 9.76. The Bertz CT molecular complexity index is 1550. The van der Waals surface area contributed by atoms with Crippen molar-refractivity contribution in [2.45, 2.75) is 84.5 Å². The highest BCUT2D eigenvalue weighted by Gasteiger charge is 2.42. The van der Waals surface area contributed by atoms with E-state index >= 15 is 0 Å². The molecule has 0 unspecified atom stereocenters. The zero-order valence-electron chi connectivity index (χ0n) is 27.2. The quantitative estimate of drug-likeness (QED) is 0.406. The van der Waals surface area contributed by atoms with E-state index in [0.717, 1.165) is 10.9 Å². The number of fused-ring (bicyclic) bond motifs is 4. The van der Waals surface area contributed by atoms with Crippen molar-refractivity contribution in [1.29, 1.82) is 0 Å². The number of esters is 1. The molecular formula is C34H44N6O6. The van der Waals surface area contributed by atoms with Crippen LogP contribution in [0.25, 0.3) is 17.0 Å². The molecule has 1 spiro atoms. The SMILES string of the molecule is CC(=O)N1CCC2(C=Cc3ccc4ccc(nc4c3)[C@@H](C)OC(=O)[C@@H]3CCCN(N3)C(=O)[C@H](C)NC(=O)[C@H](C(C)C)NC2=O)CC1. The van der Waals surface area contributed by atoms with E-state index in [1.807, 2.05) is 56.3 Å². The van der Waals surface area contributed by atoms with Gasteiger partial charge in [-0.05, 0) is 63.1 Å². The molecule has 4 amide bonds. The summed E-state index contributed by atoms with van der Waals surface area (Å²) < 4.78 is 5.79. The predicted octanol–water partition coefficient (Wildman–Crippen LogP) is 2.64. The summed E-state index contributed by atoms with van der Waals surface area (Å²) in [6.45, 7) is 9.69. The van der Waals surface area contributed by atoms with Gasteiger partial charge in [0.15, 0.2) is 0 Å². The number of carbonyl (C=O) groups is 5. The van der Waals surface area contributed by atoms with E-state index in [9.17, 15) is 24.0 Å². The van der Waals surface area contributed by atoms with Gasteiger partial charge in [0.2, 0.25) is 17.7 Å². The van der Waals surface area contributed by atoms with Crippen molar-refractivity contribution < 1.29 is 28.7 Å². The lowest BCUT2D eigenvalue weighted by Crippen LogP contribution is -2.61. The van der Waals surface area contributed by atoms with E-state index in [-0.39, 0.29) is 17.7 Å². The van der Waals surface area contributed by atoms with Crippen molar-refractivity contribution in [2.75, 3.05) is 19.6 Å². The van der Waals surface area contributed by atoms with Crippen LogP contribution in [0.4, 0.5) is 0 Å². The van der Waals surface area contributed by atoms with Crippen LogP contribution in [0.1, 0.15) is 77.7 Å². The monoisotopic (exact) mass is 632 g/mol. The van der Waals surface area contributed by atoms with E-state index in [4.69, 9.17) is 9.72 Å². The number of ether oxygens (including phenoxy) is 1. The number of aromatic nitrogens is 1. The average molecular weight is 633 g/mol. The highest BCUT2D eigenvalue weighted by Crippen LogP contribution is 2.35. The maximum absolute atomic E-state index is 14.1. The molecule has 3 aliphatic rings. The molecule has 2 saturated heterocycles. The zero-order chi connectivity index (χ0) is 33.2. The van der Waals surface area contributed by atoms with E-state index < -0.39 is 47.4 Å². The number of benzene rings is 1. The standard InChI is InChI=1S/C34H44N6O6/c1-20(2)29-30(42)35-21(3)31(43)40-16-6-7-27(38-40)32(44)46-22(4)26-11-10-25-9-8-24(19-28(25)36-26)12-13-34(33(45)37-29)14-17-39(18-15-34)23(5)41/h8-13,19-22,27,29,38H,6-7,14-18H2,1-5H3,(H,35,42)(H,37,45)/t21-,22+,27-,29-/m0/s1. The Balaban J connectivity index is 1.53. The first-order valence-electron chi connectivity index (χ1n) is 16.1. The molecule has 12 heteroatoms. The minimum Gasteiger partial charge on any atom is -0.455 e. The van der Waals surface area contributed by atoms with Gasteiger partial charge in [-0.15, -0.1) is 0 Å². The van der Waals surface area contributed by atoms with Crippen LogP contribution in [0.5, 0.6) is 0 Å². The fraction of sp³-hybridized carbons (Fsp3) is 0.529. The number of nitrogens with zero attached hydrogens (tertiary/aromatic N) is 3. The molecule has 1 aromatic carbocycles. The lowest BCUT2D eigenvalue weighted by Gasteiger charge is -2.39. The summed E-state index contributed by atoms with van der Waals surface area (Å²) in [5.41, 5.74) is 4.12. The number of rotatable bonds is 1. The number of likely N-dealkylation sites (tertiary alicyclic amines) is 1. The topological polar surface area (TPSA) is 150 Å². The largest absolute Gasteiger partial charge is 0.455 e. The number of carbonyl (C=O) groups excluding carboxylic acids is 5. The van der Waals surface area contributed by atoms with Gasteiger partial charge >= 0.3 is 5.97 Å². The van der Waals surface area contributed by atoms with Crippen LogP contribution in [-0.2, 0) is 28.7 Å². The Hall–Kier alpha value is -4.32. The third-order valence-corrected chi connectivity index (χ3v) is 9.30. The first kappa shape index (κ1) is 33.1. The number of piperidine rings is 1. The summed E-state index contributed by atoms with van der Waals surface area (Å²) in [6.07, 6.45) is 4.96. The summed E-state index contributed by atoms with van der Waals surface area (Å²) in [5.74, 6) is -2.01. The van der Waals surface area contributed by atoms with Crippen LogP contribution >= 0.6 is 0 Å². The molecule has 3 aliphatic heterocycles. The number of hydrazine groups is 1. The first-order valence-corrected chi connectivity index (χ1v) is 16.1. The van der Waals surface area contributed by atoms with Crippen LogP contribution in [-0.4, -0.2) is 82.3 Å². The molecule has 12 nitrogen and oxygen atoms in total. The second kappa shape index (κ2) is 13.6. The summed E-state index contributed by atoms with van der Waals surface area (Å²) in [6, 6.07) is 7.00. The highest BCUT2D eigenvalue weighted by atomic mass is 16.5. The second-order valence-electron chi connectivity index (χ2n) is 13.0. The number of amides is 4. The number of hydrogen-bond acceptors (Lipinski definition) is 8. The van der Waals surface area contributed by atoms with Crippen LogP contribution in [0.2, 0.25) is 0 Å². The van der Waals surface area contributed by atoms with Crippen molar-refractivity contribution in [3.8, 4) is 0 Å². The molecule has 0 radical (unpaired) electrons.